The molecule has 1 aromatic carbocycles. The second-order valence-electron chi connectivity index (χ2n) is 11.1. The van der Waals surface area contributed by atoms with Gasteiger partial charge in [-0.2, -0.15) is 13.2 Å². The number of rotatable bonds is 3. The SMILES string of the molecule is CC(C)(C)OC(=O)N1CC2CC1CN2[C@@H](c1ccc2nnc(-c3ccc4ccc(Br)cc4n3)n2c1)C(F)(F)F. The zero-order chi connectivity index (χ0) is 27.7. The minimum atomic E-state index is -4.53. The van der Waals surface area contributed by atoms with Gasteiger partial charge in [0.05, 0.1) is 5.52 Å². The number of carbonyl (C=O) groups is 1. The largest absolute Gasteiger partial charge is 0.444 e. The normalized spacial score (nSPS) is 20.7. The van der Waals surface area contributed by atoms with Crippen LogP contribution in [0.4, 0.5) is 18.0 Å². The van der Waals surface area contributed by atoms with Crippen LogP contribution in [0.1, 0.15) is 38.8 Å². The molecule has 2 bridgehead atoms. The van der Waals surface area contributed by atoms with Gasteiger partial charge in [-0.1, -0.05) is 34.1 Å². The van der Waals surface area contributed by atoms with E-state index < -0.39 is 30.0 Å². The highest BCUT2D eigenvalue weighted by Crippen LogP contribution is 2.45. The maximum absolute atomic E-state index is 14.6. The Kier molecular flexibility index (Phi) is 6.10. The molecule has 204 valence electrons. The van der Waals surface area contributed by atoms with Gasteiger partial charge in [0.2, 0.25) is 0 Å². The van der Waals surface area contributed by atoms with E-state index >= 15 is 0 Å². The summed E-state index contributed by atoms with van der Waals surface area (Å²) < 4.78 is 51.7. The van der Waals surface area contributed by atoms with Gasteiger partial charge in [0.1, 0.15) is 17.3 Å². The zero-order valence-corrected chi connectivity index (χ0v) is 23.1. The van der Waals surface area contributed by atoms with Gasteiger partial charge in [-0.25, -0.2) is 9.78 Å². The van der Waals surface area contributed by atoms with Crippen molar-refractivity contribution in [3.63, 3.8) is 0 Å². The number of nitrogens with zero attached hydrogens (tertiary/aromatic N) is 6. The number of hydrogen-bond donors (Lipinski definition) is 0. The van der Waals surface area contributed by atoms with Crippen molar-refractivity contribution in [3.05, 3.63) is 58.7 Å². The van der Waals surface area contributed by atoms with Crippen LogP contribution in [0.15, 0.2) is 53.1 Å². The minimum absolute atomic E-state index is 0.0796. The molecule has 0 aliphatic carbocycles. The van der Waals surface area contributed by atoms with Crippen molar-refractivity contribution in [2.45, 2.75) is 57.1 Å². The average Bonchev–Trinajstić information content (AvgIpc) is 3.56. The first-order chi connectivity index (χ1) is 18.4. The molecule has 2 aliphatic heterocycles. The van der Waals surface area contributed by atoms with Crippen molar-refractivity contribution in [2.75, 3.05) is 13.1 Å². The summed E-state index contributed by atoms with van der Waals surface area (Å²) in [5.74, 6) is 0.355. The Bertz CT molecular complexity index is 1580. The fourth-order valence-electron chi connectivity index (χ4n) is 5.59. The molecule has 1 amide bonds. The molecule has 0 saturated carbocycles. The van der Waals surface area contributed by atoms with Crippen LogP contribution in [-0.2, 0) is 4.74 Å². The predicted octanol–water partition coefficient (Wildman–Crippen LogP) is 6.00. The smallest absolute Gasteiger partial charge is 0.410 e. The van der Waals surface area contributed by atoms with Gasteiger partial charge in [-0.15, -0.1) is 10.2 Å². The third-order valence-corrected chi connectivity index (χ3v) is 7.67. The van der Waals surface area contributed by atoms with E-state index in [0.717, 1.165) is 15.4 Å². The standard InChI is InChI=1S/C27H26BrF3N6O2/c1-26(2,3)39-25(38)36-14-18-11-19(36)13-35(18)23(27(29,30)31)16-6-9-22-33-34-24(37(22)12-16)20-8-5-15-4-7-17(28)10-21(15)32-20/h4-10,12,18-19,23H,11,13-14H2,1-3H3/t18?,19?,23-/m0/s1. The fraction of sp³-hybridized carbons (Fsp3) is 0.407. The van der Waals surface area contributed by atoms with Crippen molar-refractivity contribution in [3.8, 4) is 11.5 Å². The minimum Gasteiger partial charge on any atom is -0.444 e. The molecule has 0 N–H and O–H groups in total. The third-order valence-electron chi connectivity index (χ3n) is 7.18. The molecule has 0 spiro atoms. The first kappa shape index (κ1) is 26.0. The van der Waals surface area contributed by atoms with E-state index in [9.17, 15) is 18.0 Å². The summed E-state index contributed by atoms with van der Waals surface area (Å²) in [4.78, 5) is 20.3. The summed E-state index contributed by atoms with van der Waals surface area (Å²) in [6.07, 6.45) is -3.09. The molecule has 0 radical (unpaired) electrons. The molecule has 12 heteroatoms. The van der Waals surface area contributed by atoms with E-state index in [2.05, 4.69) is 31.1 Å². The summed E-state index contributed by atoms with van der Waals surface area (Å²) in [5.41, 5.74) is 1.06. The van der Waals surface area contributed by atoms with Crippen molar-refractivity contribution >= 4 is 38.6 Å². The number of carbonyl (C=O) groups excluding carboxylic acids is 1. The van der Waals surface area contributed by atoms with Crippen LogP contribution in [0.2, 0.25) is 0 Å². The van der Waals surface area contributed by atoms with Gasteiger partial charge in [-0.3, -0.25) is 9.30 Å². The molecule has 2 aliphatic rings. The Balaban J connectivity index is 1.33. The lowest BCUT2D eigenvalue weighted by Crippen LogP contribution is -2.53. The first-order valence-corrected chi connectivity index (χ1v) is 13.4. The highest BCUT2D eigenvalue weighted by molar-refractivity contribution is 9.10. The molecular weight excluding hydrogens is 577 g/mol. The van der Waals surface area contributed by atoms with Crippen LogP contribution in [0.25, 0.3) is 28.1 Å². The Hall–Kier alpha value is -3.25. The zero-order valence-electron chi connectivity index (χ0n) is 21.5. The molecule has 6 rings (SSSR count). The second kappa shape index (κ2) is 9.16. The molecule has 4 aromatic rings. The Morgan fingerprint density at radius 3 is 2.51 bits per heavy atom. The number of ether oxygens (including phenoxy) is 1. The lowest BCUT2D eigenvalue weighted by molar-refractivity contribution is -0.191. The van der Waals surface area contributed by atoms with E-state index in [1.807, 2.05) is 24.3 Å². The molecule has 2 unspecified atom stereocenters. The number of pyridine rings is 2. The average molecular weight is 603 g/mol. The number of aromatic nitrogens is 4. The number of piperazine rings is 1. The topological polar surface area (TPSA) is 75.9 Å². The molecule has 3 aromatic heterocycles. The Morgan fingerprint density at radius 2 is 1.82 bits per heavy atom. The summed E-state index contributed by atoms with van der Waals surface area (Å²) >= 11 is 3.45. The maximum Gasteiger partial charge on any atom is 0.410 e. The van der Waals surface area contributed by atoms with Crippen molar-refractivity contribution < 1.29 is 22.7 Å². The molecule has 8 nitrogen and oxygen atoms in total. The maximum atomic E-state index is 14.6. The van der Waals surface area contributed by atoms with Crippen LogP contribution in [0, 0.1) is 0 Å². The molecule has 5 heterocycles. The quantitative estimate of drug-likeness (QED) is 0.286. The number of fused-ring (bicyclic) bond motifs is 4. The monoisotopic (exact) mass is 602 g/mol. The second-order valence-corrected chi connectivity index (χ2v) is 12.0. The Morgan fingerprint density at radius 1 is 1.05 bits per heavy atom. The van der Waals surface area contributed by atoms with Crippen molar-refractivity contribution in [1.82, 2.24) is 29.4 Å². The van der Waals surface area contributed by atoms with Gasteiger partial charge in [0.15, 0.2) is 11.5 Å². The number of alkyl halides is 3. The predicted molar refractivity (Wildman–Crippen MR) is 142 cm³/mol. The van der Waals surface area contributed by atoms with Gasteiger partial charge in [0, 0.05) is 41.2 Å². The van der Waals surface area contributed by atoms with Crippen molar-refractivity contribution in [2.24, 2.45) is 0 Å². The van der Waals surface area contributed by atoms with Gasteiger partial charge in [0.25, 0.3) is 0 Å². The summed E-state index contributed by atoms with van der Waals surface area (Å²) in [5, 5.41) is 9.33. The number of amides is 1. The lowest BCUT2D eigenvalue weighted by Gasteiger charge is -2.39. The van der Waals surface area contributed by atoms with Gasteiger partial charge < -0.3 is 9.64 Å². The highest BCUT2D eigenvalue weighted by Gasteiger charge is 2.55. The third kappa shape index (κ3) is 4.84. The van der Waals surface area contributed by atoms with Crippen LogP contribution in [0.5, 0.6) is 0 Å². The van der Waals surface area contributed by atoms with E-state index in [-0.39, 0.29) is 24.7 Å². The van der Waals surface area contributed by atoms with Crippen molar-refractivity contribution in [1.29, 1.82) is 0 Å². The molecule has 2 saturated heterocycles. The van der Waals surface area contributed by atoms with Gasteiger partial charge in [-0.05, 0) is 57.0 Å². The highest BCUT2D eigenvalue weighted by atomic mass is 79.9. The van der Waals surface area contributed by atoms with Crippen LogP contribution in [0.3, 0.4) is 0 Å². The summed E-state index contributed by atoms with van der Waals surface area (Å²) in [6.45, 7) is 5.62. The Labute approximate surface area is 230 Å². The van der Waals surface area contributed by atoms with Crippen LogP contribution < -0.4 is 0 Å². The van der Waals surface area contributed by atoms with E-state index in [0.29, 0.717) is 23.6 Å². The first-order valence-electron chi connectivity index (χ1n) is 12.6. The molecule has 2 fully saturated rings. The van der Waals surface area contributed by atoms with E-state index in [4.69, 9.17) is 4.74 Å². The molecule has 39 heavy (non-hydrogen) atoms. The van der Waals surface area contributed by atoms with Crippen LogP contribution in [-0.4, -0.2) is 72.4 Å². The number of benzene rings is 1. The molecule has 3 atom stereocenters. The number of likely N-dealkylation sites (tertiary alicyclic amines) is 2. The summed E-state index contributed by atoms with van der Waals surface area (Å²) in [7, 11) is 0. The number of halogens is 4. The van der Waals surface area contributed by atoms with E-state index in [1.54, 1.807) is 42.2 Å². The summed E-state index contributed by atoms with van der Waals surface area (Å²) in [6, 6.07) is 9.80. The van der Waals surface area contributed by atoms with E-state index in [1.165, 1.54) is 17.2 Å². The number of hydrogen-bond acceptors (Lipinski definition) is 6. The van der Waals surface area contributed by atoms with Crippen LogP contribution >= 0.6 is 15.9 Å². The fourth-order valence-corrected chi connectivity index (χ4v) is 5.93. The lowest BCUT2D eigenvalue weighted by atomic mass is 10.1. The van der Waals surface area contributed by atoms with Gasteiger partial charge >= 0.3 is 12.3 Å². The molecular formula is C27H26BrF3N6O2.